The molecule has 0 radical (unpaired) electrons. The van der Waals surface area contributed by atoms with Crippen molar-refractivity contribution < 1.29 is 0 Å². The van der Waals surface area contributed by atoms with Crippen LogP contribution in [0.3, 0.4) is 0 Å². The van der Waals surface area contributed by atoms with Crippen LogP contribution in [0.2, 0.25) is 0 Å². The van der Waals surface area contributed by atoms with Gasteiger partial charge < -0.3 is 10.2 Å². The number of nitrogens with one attached hydrogen (secondary N) is 1. The topological polar surface area (TPSA) is 57.2 Å². The number of aromatic nitrogens is 3. The Kier molecular flexibility index (Phi) is 5.59. The van der Waals surface area contributed by atoms with Crippen LogP contribution in [0.15, 0.2) is 30.5 Å². The number of hydrogen-bond donors (Lipinski definition) is 1. The summed E-state index contributed by atoms with van der Waals surface area (Å²) >= 11 is 0. The van der Waals surface area contributed by atoms with Gasteiger partial charge in [-0.25, -0.2) is 4.98 Å². The van der Waals surface area contributed by atoms with Crippen LogP contribution in [0.5, 0.6) is 0 Å². The Morgan fingerprint density at radius 2 is 1.96 bits per heavy atom. The van der Waals surface area contributed by atoms with Crippen LogP contribution >= 0.6 is 0 Å². The molecule has 0 bridgehead atoms. The predicted molar refractivity (Wildman–Crippen MR) is 97.5 cm³/mol. The molecule has 0 saturated carbocycles. The molecule has 1 aliphatic heterocycles. The van der Waals surface area contributed by atoms with Gasteiger partial charge >= 0.3 is 0 Å². The van der Waals surface area contributed by atoms with Crippen LogP contribution < -0.4 is 10.2 Å². The summed E-state index contributed by atoms with van der Waals surface area (Å²) in [4.78, 5) is 18.3. The first kappa shape index (κ1) is 16.6. The van der Waals surface area contributed by atoms with Crippen molar-refractivity contribution >= 4 is 11.8 Å². The van der Waals surface area contributed by atoms with E-state index in [2.05, 4.69) is 55.2 Å². The highest BCUT2D eigenvalue weighted by Gasteiger charge is 2.18. The van der Waals surface area contributed by atoms with Gasteiger partial charge in [0.15, 0.2) is 0 Å². The summed E-state index contributed by atoms with van der Waals surface area (Å²) in [5.74, 6) is 1.76. The van der Waals surface area contributed by atoms with Crippen molar-refractivity contribution in [3.05, 3.63) is 41.9 Å². The SMILES string of the molecule is CCNc1nc(C)cc(N2CCN(CCc3ccccn3)CC2)n1. The van der Waals surface area contributed by atoms with Crippen LogP contribution in [-0.2, 0) is 6.42 Å². The molecule has 0 aliphatic carbocycles. The molecule has 1 saturated heterocycles. The average Bonchev–Trinajstić information content (AvgIpc) is 2.61. The third kappa shape index (κ3) is 4.41. The van der Waals surface area contributed by atoms with E-state index in [-0.39, 0.29) is 0 Å². The minimum atomic E-state index is 0.727. The van der Waals surface area contributed by atoms with E-state index < -0.39 is 0 Å². The van der Waals surface area contributed by atoms with Crippen LogP contribution in [0.4, 0.5) is 11.8 Å². The largest absolute Gasteiger partial charge is 0.354 e. The minimum absolute atomic E-state index is 0.727. The molecule has 0 aromatic carbocycles. The molecular formula is C18H26N6. The van der Waals surface area contributed by atoms with Gasteiger partial charge in [-0.1, -0.05) is 6.07 Å². The molecule has 2 aromatic rings. The van der Waals surface area contributed by atoms with Crippen molar-refractivity contribution in [2.24, 2.45) is 0 Å². The molecule has 1 aliphatic rings. The fourth-order valence-electron chi connectivity index (χ4n) is 2.97. The average molecular weight is 326 g/mol. The van der Waals surface area contributed by atoms with E-state index in [4.69, 9.17) is 0 Å². The Bertz CT molecular complexity index is 637. The highest BCUT2D eigenvalue weighted by Crippen LogP contribution is 2.17. The van der Waals surface area contributed by atoms with E-state index in [1.165, 1.54) is 5.69 Å². The van der Waals surface area contributed by atoms with Crippen molar-refractivity contribution in [3.63, 3.8) is 0 Å². The van der Waals surface area contributed by atoms with Gasteiger partial charge in [-0.2, -0.15) is 4.98 Å². The van der Waals surface area contributed by atoms with Gasteiger partial charge in [-0.05, 0) is 26.0 Å². The monoisotopic (exact) mass is 326 g/mol. The molecule has 6 heteroatoms. The first-order valence-electron chi connectivity index (χ1n) is 8.71. The van der Waals surface area contributed by atoms with Crippen LogP contribution in [0, 0.1) is 6.92 Å². The Labute approximate surface area is 143 Å². The molecule has 0 unspecified atom stereocenters. The second-order valence-electron chi connectivity index (χ2n) is 6.12. The van der Waals surface area contributed by atoms with Gasteiger partial charge in [-0.15, -0.1) is 0 Å². The maximum absolute atomic E-state index is 4.64. The van der Waals surface area contributed by atoms with Crippen molar-refractivity contribution in [1.29, 1.82) is 0 Å². The van der Waals surface area contributed by atoms with Crippen molar-refractivity contribution in [2.75, 3.05) is 49.5 Å². The number of nitrogens with zero attached hydrogens (tertiary/aromatic N) is 5. The number of aryl methyl sites for hydroxylation is 1. The summed E-state index contributed by atoms with van der Waals surface area (Å²) in [5.41, 5.74) is 2.18. The van der Waals surface area contributed by atoms with E-state index in [1.807, 2.05) is 19.2 Å². The lowest BCUT2D eigenvalue weighted by Gasteiger charge is -2.35. The second kappa shape index (κ2) is 8.06. The summed E-state index contributed by atoms with van der Waals surface area (Å²) in [7, 11) is 0. The lowest BCUT2D eigenvalue weighted by Crippen LogP contribution is -2.47. The Morgan fingerprint density at radius 3 is 2.67 bits per heavy atom. The molecule has 1 N–H and O–H groups in total. The van der Waals surface area contributed by atoms with Crippen LogP contribution in [-0.4, -0.2) is 59.1 Å². The molecule has 24 heavy (non-hydrogen) atoms. The van der Waals surface area contributed by atoms with Gasteiger partial charge in [0.05, 0.1) is 0 Å². The van der Waals surface area contributed by atoms with Crippen molar-refractivity contribution in [2.45, 2.75) is 20.3 Å². The third-order valence-electron chi connectivity index (χ3n) is 4.28. The maximum atomic E-state index is 4.64. The van der Waals surface area contributed by atoms with Crippen molar-refractivity contribution in [1.82, 2.24) is 19.9 Å². The van der Waals surface area contributed by atoms with Gasteiger partial charge in [0.25, 0.3) is 0 Å². The van der Waals surface area contributed by atoms with Crippen LogP contribution in [0.25, 0.3) is 0 Å². The zero-order valence-corrected chi connectivity index (χ0v) is 14.6. The second-order valence-corrected chi connectivity index (χ2v) is 6.12. The van der Waals surface area contributed by atoms with E-state index >= 15 is 0 Å². The highest BCUT2D eigenvalue weighted by atomic mass is 15.3. The number of pyridine rings is 1. The molecule has 0 spiro atoms. The Balaban J connectivity index is 1.53. The smallest absolute Gasteiger partial charge is 0.224 e. The Hall–Kier alpha value is -2.21. The van der Waals surface area contributed by atoms with E-state index in [1.54, 1.807) is 0 Å². The molecule has 128 valence electrons. The molecule has 0 atom stereocenters. The normalized spacial score (nSPS) is 15.5. The maximum Gasteiger partial charge on any atom is 0.224 e. The summed E-state index contributed by atoms with van der Waals surface area (Å²) in [6, 6.07) is 8.19. The highest BCUT2D eigenvalue weighted by molar-refractivity contribution is 5.45. The lowest BCUT2D eigenvalue weighted by molar-refractivity contribution is 0.259. The Morgan fingerprint density at radius 1 is 1.12 bits per heavy atom. The molecule has 3 rings (SSSR count). The molecule has 2 aromatic heterocycles. The number of piperazine rings is 1. The van der Waals surface area contributed by atoms with Gasteiger partial charge in [0.1, 0.15) is 5.82 Å². The first-order chi connectivity index (χ1) is 11.7. The van der Waals surface area contributed by atoms with E-state index in [0.717, 1.165) is 63.1 Å². The predicted octanol–water partition coefficient (Wildman–Crippen LogP) is 1.98. The van der Waals surface area contributed by atoms with Gasteiger partial charge in [-0.3, -0.25) is 9.88 Å². The number of rotatable bonds is 6. The molecule has 1 fully saturated rings. The van der Waals surface area contributed by atoms with Crippen LogP contribution in [0.1, 0.15) is 18.3 Å². The quantitative estimate of drug-likeness (QED) is 0.876. The lowest BCUT2D eigenvalue weighted by atomic mass is 10.2. The molecular weight excluding hydrogens is 300 g/mol. The molecule has 0 amide bonds. The van der Waals surface area contributed by atoms with Gasteiger partial charge in [0, 0.05) is 69.3 Å². The summed E-state index contributed by atoms with van der Waals surface area (Å²) in [6.45, 7) is 10.1. The fraction of sp³-hybridized carbons (Fsp3) is 0.500. The fourth-order valence-corrected chi connectivity index (χ4v) is 2.97. The third-order valence-corrected chi connectivity index (χ3v) is 4.28. The standard InChI is InChI=1S/C18H26N6/c1-3-19-18-21-15(2)14-17(22-18)24-12-10-23(11-13-24)9-7-16-6-4-5-8-20-16/h4-6,8,14H,3,7,9-13H2,1-2H3,(H,19,21,22). The summed E-state index contributed by atoms with van der Waals surface area (Å²) in [5, 5.41) is 3.21. The van der Waals surface area contributed by atoms with Crippen molar-refractivity contribution in [3.8, 4) is 0 Å². The number of anilines is 2. The molecule has 3 heterocycles. The number of hydrogen-bond acceptors (Lipinski definition) is 6. The summed E-state index contributed by atoms with van der Waals surface area (Å²) < 4.78 is 0. The zero-order chi connectivity index (χ0) is 16.8. The van der Waals surface area contributed by atoms with E-state index in [9.17, 15) is 0 Å². The minimum Gasteiger partial charge on any atom is -0.354 e. The first-order valence-corrected chi connectivity index (χ1v) is 8.71. The molecule has 6 nitrogen and oxygen atoms in total. The van der Waals surface area contributed by atoms with Gasteiger partial charge in [0.2, 0.25) is 5.95 Å². The summed E-state index contributed by atoms with van der Waals surface area (Å²) in [6.07, 6.45) is 2.88. The zero-order valence-electron chi connectivity index (χ0n) is 14.6. The van der Waals surface area contributed by atoms with E-state index in [0.29, 0.717) is 0 Å².